The molecule has 0 spiro atoms. The van der Waals surface area contributed by atoms with Crippen LogP contribution in [0.15, 0.2) is 17.2 Å². The molecule has 0 bridgehead atoms. The van der Waals surface area contributed by atoms with Gasteiger partial charge >= 0.3 is 6.18 Å². The second-order valence-electron chi connectivity index (χ2n) is 2.82. The van der Waals surface area contributed by atoms with Crippen molar-refractivity contribution in [1.29, 1.82) is 0 Å². The van der Waals surface area contributed by atoms with E-state index in [-0.39, 0.29) is 0 Å². The van der Waals surface area contributed by atoms with Crippen LogP contribution in [0.2, 0.25) is 0 Å². The molecule has 16 heavy (non-hydrogen) atoms. The number of nitrogens with two attached hydrogens (primary N) is 1. The van der Waals surface area contributed by atoms with Gasteiger partial charge in [0.25, 0.3) is 0 Å². The molecule has 1 aromatic rings. The van der Waals surface area contributed by atoms with Gasteiger partial charge in [0.1, 0.15) is 11.6 Å². The molecule has 0 unspecified atom stereocenters. The van der Waals surface area contributed by atoms with Crippen LogP contribution in [0, 0.1) is 5.82 Å². The molecule has 1 rings (SSSR count). The van der Waals surface area contributed by atoms with Crippen molar-refractivity contribution in [1.82, 2.24) is 0 Å². The molecule has 0 aromatic heterocycles. The monoisotopic (exact) mass is 236 g/mol. The van der Waals surface area contributed by atoms with Gasteiger partial charge in [-0.2, -0.15) is 18.3 Å². The average Bonchev–Trinajstić information content (AvgIpc) is 2.19. The van der Waals surface area contributed by atoms with E-state index < -0.39 is 28.9 Å². The van der Waals surface area contributed by atoms with E-state index in [4.69, 9.17) is 5.84 Å². The molecule has 0 aliphatic heterocycles. The van der Waals surface area contributed by atoms with Gasteiger partial charge < -0.3 is 10.6 Å². The molecule has 0 saturated heterocycles. The zero-order valence-corrected chi connectivity index (χ0v) is 8.18. The highest BCUT2D eigenvalue weighted by atomic mass is 19.4. The third-order valence-corrected chi connectivity index (χ3v) is 1.86. The summed E-state index contributed by atoms with van der Waals surface area (Å²) in [6.45, 7) is 0. The number of rotatable bonds is 2. The molecule has 0 amide bonds. The van der Waals surface area contributed by atoms with Gasteiger partial charge in [0.15, 0.2) is 0 Å². The maximum Gasteiger partial charge on any atom is 0.419 e. The molecule has 3 nitrogen and oxygen atoms in total. The highest BCUT2D eigenvalue weighted by molar-refractivity contribution is 5.84. The van der Waals surface area contributed by atoms with E-state index in [1.165, 1.54) is 0 Å². The van der Waals surface area contributed by atoms with Crippen LogP contribution >= 0.6 is 0 Å². The molecule has 0 aliphatic carbocycles. The maximum atomic E-state index is 13.2. The van der Waals surface area contributed by atoms with Crippen LogP contribution in [0.1, 0.15) is 11.1 Å². The normalized spacial score (nSPS) is 12.1. The van der Waals surface area contributed by atoms with Gasteiger partial charge in [-0.3, -0.25) is 0 Å². The SMILES string of the molecule is COc1c(C(F)(F)F)ccc(F)c1C=NN. The highest BCUT2D eigenvalue weighted by Gasteiger charge is 2.35. The molecular weight excluding hydrogens is 228 g/mol. The Morgan fingerprint density at radius 2 is 2.00 bits per heavy atom. The van der Waals surface area contributed by atoms with Crippen LogP contribution in [0.3, 0.4) is 0 Å². The fraction of sp³-hybridized carbons (Fsp3) is 0.222. The highest BCUT2D eigenvalue weighted by Crippen LogP contribution is 2.38. The van der Waals surface area contributed by atoms with Crippen LogP contribution in [0.5, 0.6) is 5.75 Å². The van der Waals surface area contributed by atoms with E-state index >= 15 is 0 Å². The fourth-order valence-electron chi connectivity index (χ4n) is 1.21. The molecule has 0 saturated carbocycles. The molecule has 1 aromatic carbocycles. The van der Waals surface area contributed by atoms with Crippen LogP contribution < -0.4 is 10.6 Å². The van der Waals surface area contributed by atoms with Crippen molar-refractivity contribution in [2.45, 2.75) is 6.18 Å². The zero-order valence-electron chi connectivity index (χ0n) is 8.18. The van der Waals surface area contributed by atoms with Gasteiger partial charge in [-0.1, -0.05) is 0 Å². The van der Waals surface area contributed by atoms with Crippen molar-refractivity contribution in [3.8, 4) is 5.75 Å². The van der Waals surface area contributed by atoms with Crippen molar-refractivity contribution >= 4 is 6.21 Å². The minimum absolute atomic E-state index is 0.431. The van der Waals surface area contributed by atoms with Crippen molar-refractivity contribution < 1.29 is 22.3 Å². The van der Waals surface area contributed by atoms with Gasteiger partial charge in [0.2, 0.25) is 0 Å². The minimum Gasteiger partial charge on any atom is -0.495 e. The summed E-state index contributed by atoms with van der Waals surface area (Å²) in [5.74, 6) is 3.25. The van der Waals surface area contributed by atoms with E-state index in [0.29, 0.717) is 12.1 Å². The summed E-state index contributed by atoms with van der Waals surface area (Å²) in [6, 6.07) is 1.28. The van der Waals surface area contributed by atoms with E-state index in [1.807, 2.05) is 0 Å². The van der Waals surface area contributed by atoms with Crippen LogP contribution in [-0.4, -0.2) is 13.3 Å². The molecule has 88 valence electrons. The number of nitrogens with zero attached hydrogens (tertiary/aromatic N) is 1. The van der Waals surface area contributed by atoms with Gasteiger partial charge in [-0.15, -0.1) is 0 Å². The number of methoxy groups -OCH3 is 1. The second kappa shape index (κ2) is 4.38. The Morgan fingerprint density at radius 3 is 2.44 bits per heavy atom. The van der Waals surface area contributed by atoms with Gasteiger partial charge in [0, 0.05) is 0 Å². The molecule has 7 heteroatoms. The van der Waals surface area contributed by atoms with Crippen LogP contribution in [0.25, 0.3) is 0 Å². The van der Waals surface area contributed by atoms with Gasteiger partial charge in [-0.25, -0.2) is 4.39 Å². The summed E-state index contributed by atoms with van der Waals surface area (Å²) in [4.78, 5) is 0. The number of ether oxygens (including phenoxy) is 1. The lowest BCUT2D eigenvalue weighted by Gasteiger charge is -2.14. The summed E-state index contributed by atoms with van der Waals surface area (Å²) in [5, 5.41) is 2.99. The first-order chi connectivity index (χ1) is 7.41. The zero-order chi connectivity index (χ0) is 12.3. The Balaban J connectivity index is 3.49. The predicted octanol–water partition coefficient (Wildman–Crippen LogP) is 2.15. The largest absolute Gasteiger partial charge is 0.495 e. The first-order valence-electron chi connectivity index (χ1n) is 4.08. The first kappa shape index (κ1) is 12.3. The Hall–Kier alpha value is -1.79. The lowest BCUT2D eigenvalue weighted by molar-refractivity contribution is -0.138. The van der Waals surface area contributed by atoms with Crippen molar-refractivity contribution in [3.05, 3.63) is 29.1 Å². The molecule has 2 N–H and O–H groups in total. The van der Waals surface area contributed by atoms with E-state index in [2.05, 4.69) is 9.84 Å². The molecule has 0 heterocycles. The van der Waals surface area contributed by atoms with E-state index in [9.17, 15) is 17.6 Å². The Kier molecular flexibility index (Phi) is 3.36. The number of halogens is 4. The Morgan fingerprint density at radius 1 is 1.38 bits per heavy atom. The fourth-order valence-corrected chi connectivity index (χ4v) is 1.21. The summed E-state index contributed by atoms with van der Waals surface area (Å²) in [5.41, 5.74) is -1.51. The second-order valence-corrected chi connectivity index (χ2v) is 2.82. The number of benzene rings is 1. The van der Waals surface area contributed by atoms with Crippen molar-refractivity contribution in [3.63, 3.8) is 0 Å². The Labute approximate surface area is 88.5 Å². The van der Waals surface area contributed by atoms with E-state index in [1.54, 1.807) is 0 Å². The minimum atomic E-state index is -4.63. The molecular formula is C9H8F4N2O. The standard InChI is InChI=1S/C9H8F4N2O/c1-16-8-5(4-15-14)7(10)3-2-6(8)9(11,12)13/h2-4H,14H2,1H3. The van der Waals surface area contributed by atoms with Gasteiger partial charge in [0.05, 0.1) is 24.5 Å². The number of hydrogen-bond donors (Lipinski definition) is 1. The third-order valence-electron chi connectivity index (χ3n) is 1.86. The summed E-state index contributed by atoms with van der Waals surface area (Å²) < 4.78 is 55.3. The first-order valence-corrected chi connectivity index (χ1v) is 4.08. The lowest BCUT2D eigenvalue weighted by Crippen LogP contribution is -2.10. The molecule has 0 atom stereocenters. The smallest absolute Gasteiger partial charge is 0.419 e. The Bertz CT molecular complexity index is 415. The quantitative estimate of drug-likeness (QED) is 0.370. The van der Waals surface area contributed by atoms with Crippen LogP contribution in [-0.2, 0) is 6.18 Å². The number of hydrazone groups is 1. The number of hydrogen-bond acceptors (Lipinski definition) is 3. The van der Waals surface area contributed by atoms with Crippen molar-refractivity contribution in [2.24, 2.45) is 10.9 Å². The summed E-state index contributed by atoms with van der Waals surface area (Å²) >= 11 is 0. The lowest BCUT2D eigenvalue weighted by atomic mass is 10.1. The predicted molar refractivity (Wildman–Crippen MR) is 49.7 cm³/mol. The topological polar surface area (TPSA) is 47.6 Å². The van der Waals surface area contributed by atoms with E-state index in [0.717, 1.165) is 13.3 Å². The summed E-state index contributed by atoms with van der Waals surface area (Å²) in [6.07, 6.45) is -3.86. The number of alkyl halides is 3. The summed E-state index contributed by atoms with van der Waals surface area (Å²) in [7, 11) is 1.01. The molecule has 0 aliphatic rings. The van der Waals surface area contributed by atoms with Gasteiger partial charge in [-0.05, 0) is 12.1 Å². The van der Waals surface area contributed by atoms with Crippen molar-refractivity contribution in [2.75, 3.05) is 7.11 Å². The third kappa shape index (κ3) is 2.23. The maximum absolute atomic E-state index is 13.2. The average molecular weight is 236 g/mol. The molecule has 0 radical (unpaired) electrons. The van der Waals surface area contributed by atoms with Crippen LogP contribution in [0.4, 0.5) is 17.6 Å². The molecule has 0 fully saturated rings.